The van der Waals surface area contributed by atoms with Crippen LogP contribution in [0.3, 0.4) is 0 Å². The molecule has 0 aliphatic carbocycles. The fourth-order valence-corrected chi connectivity index (χ4v) is 1.50. The first-order valence-corrected chi connectivity index (χ1v) is 5.62. The van der Waals surface area contributed by atoms with E-state index in [-0.39, 0.29) is 5.95 Å². The van der Waals surface area contributed by atoms with Crippen LogP contribution < -0.4 is 16.0 Å². The van der Waals surface area contributed by atoms with Crippen molar-refractivity contribution in [1.82, 2.24) is 15.0 Å². The summed E-state index contributed by atoms with van der Waals surface area (Å²) in [5, 5.41) is 2.85. The third-order valence-electron chi connectivity index (χ3n) is 2.48. The van der Waals surface area contributed by atoms with Crippen LogP contribution >= 0.6 is 0 Å². The van der Waals surface area contributed by atoms with Gasteiger partial charge in [0.25, 0.3) is 0 Å². The average Bonchev–Trinajstić information content (AvgIpc) is 2.88. The highest BCUT2D eigenvalue weighted by Gasteiger charge is 2.08. The molecule has 0 saturated carbocycles. The smallest absolute Gasteiger partial charge is 0.231 e. The van der Waals surface area contributed by atoms with Gasteiger partial charge in [-0.3, -0.25) is 0 Å². The molecule has 2 aromatic heterocycles. The minimum absolute atomic E-state index is 0.203. The van der Waals surface area contributed by atoms with Gasteiger partial charge in [-0.15, -0.1) is 0 Å². The summed E-state index contributed by atoms with van der Waals surface area (Å²) < 4.78 is 5.27. The lowest BCUT2D eigenvalue weighted by Gasteiger charge is -2.16. The Balaban J connectivity index is 2.03. The van der Waals surface area contributed by atoms with Crippen LogP contribution in [0.4, 0.5) is 17.8 Å². The molecule has 0 aliphatic heterocycles. The van der Waals surface area contributed by atoms with Crippen molar-refractivity contribution in [1.29, 1.82) is 0 Å². The van der Waals surface area contributed by atoms with Crippen LogP contribution in [-0.2, 0) is 6.42 Å². The van der Waals surface area contributed by atoms with E-state index in [2.05, 4.69) is 20.3 Å². The molecule has 0 spiro atoms. The number of likely N-dealkylation sites (N-methyl/N-ethyl adjacent to an activating group) is 1. The molecule has 0 fully saturated rings. The van der Waals surface area contributed by atoms with Crippen LogP contribution in [0.2, 0.25) is 0 Å². The van der Waals surface area contributed by atoms with Crippen LogP contribution in [0, 0.1) is 0 Å². The van der Waals surface area contributed by atoms with Crippen LogP contribution in [-0.4, -0.2) is 35.6 Å². The number of hydrogen-bond acceptors (Lipinski definition) is 7. The number of rotatable bonds is 5. The number of nitrogens with one attached hydrogen (secondary N) is 1. The summed E-state index contributed by atoms with van der Waals surface area (Å²) in [6.07, 6.45) is 2.44. The Morgan fingerprint density at radius 3 is 2.89 bits per heavy atom. The molecule has 0 amide bonds. The molecule has 0 atom stereocenters. The number of anilines is 3. The second-order valence-electron chi connectivity index (χ2n) is 3.82. The fourth-order valence-electron chi connectivity index (χ4n) is 1.50. The van der Waals surface area contributed by atoms with Crippen molar-refractivity contribution in [2.24, 2.45) is 0 Å². The Morgan fingerprint density at radius 2 is 2.22 bits per heavy atom. The van der Waals surface area contributed by atoms with E-state index in [1.165, 1.54) is 0 Å². The van der Waals surface area contributed by atoms with E-state index in [4.69, 9.17) is 10.2 Å². The van der Waals surface area contributed by atoms with Gasteiger partial charge in [-0.25, -0.2) is 0 Å². The molecule has 0 bridgehead atoms. The molecule has 2 rings (SSSR count). The molecule has 0 unspecified atom stereocenters. The van der Waals surface area contributed by atoms with Gasteiger partial charge in [0.15, 0.2) is 0 Å². The average molecular weight is 248 g/mol. The maximum absolute atomic E-state index is 5.62. The fraction of sp³-hybridized carbons (Fsp3) is 0.364. The van der Waals surface area contributed by atoms with E-state index >= 15 is 0 Å². The quantitative estimate of drug-likeness (QED) is 0.807. The van der Waals surface area contributed by atoms with Gasteiger partial charge in [0.05, 0.1) is 6.26 Å². The topological polar surface area (TPSA) is 93.1 Å². The van der Waals surface area contributed by atoms with Crippen LogP contribution in [0.1, 0.15) is 5.76 Å². The Labute approximate surface area is 105 Å². The lowest BCUT2D eigenvalue weighted by atomic mass is 10.3. The van der Waals surface area contributed by atoms with Gasteiger partial charge in [-0.2, -0.15) is 15.0 Å². The van der Waals surface area contributed by atoms with Gasteiger partial charge >= 0.3 is 0 Å². The number of nitrogens with two attached hydrogens (primary N) is 1. The minimum atomic E-state index is 0.203. The second-order valence-corrected chi connectivity index (χ2v) is 3.82. The van der Waals surface area contributed by atoms with E-state index in [0.717, 1.165) is 18.7 Å². The third-order valence-corrected chi connectivity index (χ3v) is 2.48. The van der Waals surface area contributed by atoms with Gasteiger partial charge in [-0.1, -0.05) is 0 Å². The van der Waals surface area contributed by atoms with E-state index in [9.17, 15) is 0 Å². The summed E-state index contributed by atoms with van der Waals surface area (Å²) in [6, 6.07) is 3.81. The maximum atomic E-state index is 5.62. The van der Waals surface area contributed by atoms with Gasteiger partial charge < -0.3 is 20.4 Å². The lowest BCUT2D eigenvalue weighted by Crippen LogP contribution is -2.23. The highest BCUT2D eigenvalue weighted by atomic mass is 16.3. The molecular formula is C11H16N6O. The molecular weight excluding hydrogens is 232 g/mol. The normalized spacial score (nSPS) is 10.3. The Hall–Kier alpha value is -2.31. The summed E-state index contributed by atoms with van der Waals surface area (Å²) >= 11 is 0. The standard InChI is InChI=1S/C11H16N6O/c1-13-10-14-9(12)15-11(16-10)17(2)6-5-8-4-3-7-18-8/h3-4,7H,5-6H2,1-2H3,(H3,12,13,14,15,16). The first-order valence-electron chi connectivity index (χ1n) is 5.62. The maximum Gasteiger partial charge on any atom is 0.231 e. The SMILES string of the molecule is CNc1nc(N)nc(N(C)CCc2ccco2)n1. The predicted molar refractivity (Wildman–Crippen MR) is 69.5 cm³/mol. The van der Waals surface area contributed by atoms with Gasteiger partial charge in [0, 0.05) is 27.1 Å². The highest BCUT2D eigenvalue weighted by molar-refractivity contribution is 5.40. The Kier molecular flexibility index (Phi) is 3.61. The molecule has 18 heavy (non-hydrogen) atoms. The largest absolute Gasteiger partial charge is 0.469 e. The lowest BCUT2D eigenvalue weighted by molar-refractivity contribution is 0.508. The van der Waals surface area contributed by atoms with Crippen molar-refractivity contribution >= 4 is 17.8 Å². The zero-order chi connectivity index (χ0) is 13.0. The number of aromatic nitrogens is 3. The Bertz CT molecular complexity index is 498. The van der Waals surface area contributed by atoms with E-state index in [1.54, 1.807) is 13.3 Å². The van der Waals surface area contributed by atoms with Crippen molar-refractivity contribution in [3.05, 3.63) is 24.2 Å². The zero-order valence-electron chi connectivity index (χ0n) is 10.4. The van der Waals surface area contributed by atoms with E-state index < -0.39 is 0 Å². The number of hydrogen-bond donors (Lipinski definition) is 2. The van der Waals surface area contributed by atoms with E-state index in [0.29, 0.717) is 11.9 Å². The van der Waals surface area contributed by atoms with Crippen LogP contribution in [0.25, 0.3) is 0 Å². The summed E-state index contributed by atoms with van der Waals surface area (Å²) in [7, 11) is 3.64. The van der Waals surface area contributed by atoms with Crippen LogP contribution in [0.15, 0.2) is 22.8 Å². The third kappa shape index (κ3) is 2.88. The first-order chi connectivity index (χ1) is 8.69. The molecule has 0 saturated heterocycles. The van der Waals surface area contributed by atoms with Gasteiger partial charge in [-0.05, 0) is 12.1 Å². The minimum Gasteiger partial charge on any atom is -0.469 e. The molecule has 7 nitrogen and oxygen atoms in total. The molecule has 2 heterocycles. The van der Waals surface area contributed by atoms with Gasteiger partial charge in [0.2, 0.25) is 17.8 Å². The summed E-state index contributed by atoms with van der Waals surface area (Å²) in [5.41, 5.74) is 5.62. The van der Waals surface area contributed by atoms with Crippen molar-refractivity contribution in [3.8, 4) is 0 Å². The number of nitrogens with zero attached hydrogens (tertiary/aromatic N) is 4. The number of nitrogen functional groups attached to an aromatic ring is 1. The second kappa shape index (κ2) is 5.35. The number of furan rings is 1. The first kappa shape index (κ1) is 12.2. The molecule has 3 N–H and O–H groups in total. The summed E-state index contributed by atoms with van der Waals surface area (Å²) in [4.78, 5) is 14.2. The Morgan fingerprint density at radius 1 is 1.39 bits per heavy atom. The van der Waals surface area contributed by atoms with Crippen molar-refractivity contribution in [2.45, 2.75) is 6.42 Å². The summed E-state index contributed by atoms with van der Waals surface area (Å²) in [5.74, 6) is 2.13. The van der Waals surface area contributed by atoms with Crippen molar-refractivity contribution < 1.29 is 4.42 Å². The predicted octanol–water partition coefficient (Wildman–Crippen LogP) is 0.767. The molecule has 0 aromatic carbocycles. The molecule has 7 heteroatoms. The highest BCUT2D eigenvalue weighted by Crippen LogP contribution is 2.11. The molecule has 96 valence electrons. The molecule has 0 radical (unpaired) electrons. The van der Waals surface area contributed by atoms with Crippen molar-refractivity contribution in [3.63, 3.8) is 0 Å². The van der Waals surface area contributed by atoms with Gasteiger partial charge in [0.1, 0.15) is 5.76 Å². The van der Waals surface area contributed by atoms with Crippen LogP contribution in [0.5, 0.6) is 0 Å². The summed E-state index contributed by atoms with van der Waals surface area (Å²) in [6.45, 7) is 0.736. The molecule has 2 aromatic rings. The van der Waals surface area contributed by atoms with Crippen molar-refractivity contribution in [2.75, 3.05) is 36.6 Å². The van der Waals surface area contributed by atoms with E-state index in [1.807, 2.05) is 24.1 Å². The molecule has 0 aliphatic rings. The monoisotopic (exact) mass is 248 g/mol. The zero-order valence-corrected chi connectivity index (χ0v) is 10.4.